The summed E-state index contributed by atoms with van der Waals surface area (Å²) in [5.74, 6) is 0.935. The number of morpholine rings is 1. The highest BCUT2D eigenvalue weighted by molar-refractivity contribution is 7.09. The summed E-state index contributed by atoms with van der Waals surface area (Å²) < 4.78 is 11.8. The van der Waals surface area contributed by atoms with Gasteiger partial charge < -0.3 is 19.7 Å². The number of rotatable bonds is 5. The van der Waals surface area contributed by atoms with Crippen molar-refractivity contribution in [3.8, 4) is 11.3 Å². The van der Waals surface area contributed by atoms with Crippen LogP contribution in [0.25, 0.3) is 11.3 Å². The van der Waals surface area contributed by atoms with Gasteiger partial charge in [-0.2, -0.15) is 0 Å². The number of benzene rings is 1. The Hall–Kier alpha value is -1.96. The van der Waals surface area contributed by atoms with E-state index in [0.717, 1.165) is 61.3 Å². The Labute approximate surface area is 170 Å². The average molecular weight is 401 g/mol. The molecule has 28 heavy (non-hydrogen) atoms. The Morgan fingerprint density at radius 1 is 1.25 bits per heavy atom. The molecule has 4 rings (SSSR count). The molecule has 0 amide bonds. The lowest BCUT2D eigenvalue weighted by molar-refractivity contribution is -0.0817. The number of hydrogen-bond donors (Lipinski definition) is 1. The van der Waals surface area contributed by atoms with E-state index in [9.17, 15) is 0 Å². The summed E-state index contributed by atoms with van der Waals surface area (Å²) in [4.78, 5) is 11.9. The molecule has 0 saturated carbocycles. The fraction of sp³-hybridized carbons (Fsp3) is 0.524. The zero-order chi connectivity index (χ0) is 19.2. The first-order valence-electron chi connectivity index (χ1n) is 10.1. The predicted octanol–water partition coefficient (Wildman–Crippen LogP) is 3.16. The topological polar surface area (TPSA) is 59.0 Å². The van der Waals surface area contributed by atoms with E-state index in [1.54, 1.807) is 11.3 Å². The summed E-state index contributed by atoms with van der Waals surface area (Å²) >= 11 is 1.66. The SMILES string of the molecule is CCNC(=NCc1nc(-c2ccccc2)cs1)N1CCOC(C2CCCO2)C1. The van der Waals surface area contributed by atoms with Crippen LogP contribution in [0.4, 0.5) is 0 Å². The van der Waals surface area contributed by atoms with Gasteiger partial charge in [-0.25, -0.2) is 9.98 Å². The second kappa shape index (κ2) is 9.49. The summed E-state index contributed by atoms with van der Waals surface area (Å²) in [7, 11) is 0. The number of ether oxygens (including phenoxy) is 2. The highest BCUT2D eigenvalue weighted by Crippen LogP contribution is 2.23. The molecule has 1 N–H and O–H groups in total. The number of thiazole rings is 1. The van der Waals surface area contributed by atoms with Crippen molar-refractivity contribution in [3.63, 3.8) is 0 Å². The van der Waals surface area contributed by atoms with Crippen molar-refractivity contribution >= 4 is 17.3 Å². The van der Waals surface area contributed by atoms with E-state index in [4.69, 9.17) is 19.5 Å². The third-order valence-corrected chi connectivity index (χ3v) is 5.93. The molecule has 0 bridgehead atoms. The normalized spacial score (nSPS) is 23.2. The van der Waals surface area contributed by atoms with Crippen molar-refractivity contribution in [2.75, 3.05) is 32.8 Å². The van der Waals surface area contributed by atoms with Crippen LogP contribution in [0, 0.1) is 0 Å². The lowest BCUT2D eigenvalue weighted by atomic mass is 10.1. The van der Waals surface area contributed by atoms with Gasteiger partial charge in [-0.1, -0.05) is 30.3 Å². The van der Waals surface area contributed by atoms with Gasteiger partial charge in [-0.3, -0.25) is 0 Å². The molecule has 2 unspecified atom stereocenters. The maximum atomic E-state index is 5.98. The third kappa shape index (κ3) is 4.71. The summed E-state index contributed by atoms with van der Waals surface area (Å²) in [5.41, 5.74) is 2.17. The van der Waals surface area contributed by atoms with Gasteiger partial charge in [-0.15, -0.1) is 11.3 Å². The van der Waals surface area contributed by atoms with Crippen LogP contribution in [0.2, 0.25) is 0 Å². The van der Waals surface area contributed by atoms with Crippen molar-refractivity contribution in [2.24, 2.45) is 4.99 Å². The molecular formula is C21H28N4O2S. The standard InChI is InChI=1S/C21H28N4O2S/c1-2-22-21(25-10-12-27-19(14-25)18-9-6-11-26-18)23-13-20-24-17(15-28-20)16-7-4-3-5-8-16/h3-5,7-8,15,18-19H,2,6,9-14H2,1H3,(H,22,23). The van der Waals surface area contributed by atoms with Gasteiger partial charge >= 0.3 is 0 Å². The Morgan fingerprint density at radius 2 is 2.11 bits per heavy atom. The Balaban J connectivity index is 1.42. The number of hydrogen-bond acceptors (Lipinski definition) is 5. The summed E-state index contributed by atoms with van der Waals surface area (Å²) in [6, 6.07) is 10.3. The van der Waals surface area contributed by atoms with Crippen molar-refractivity contribution in [1.82, 2.24) is 15.2 Å². The molecule has 0 radical (unpaired) electrons. The van der Waals surface area contributed by atoms with E-state index in [1.807, 2.05) is 18.2 Å². The Bertz CT molecular complexity index is 774. The van der Waals surface area contributed by atoms with E-state index < -0.39 is 0 Å². The quantitative estimate of drug-likeness (QED) is 0.617. The molecule has 2 aliphatic rings. The van der Waals surface area contributed by atoms with Gasteiger partial charge in [-0.05, 0) is 19.8 Å². The third-order valence-electron chi connectivity index (χ3n) is 5.09. The van der Waals surface area contributed by atoms with Crippen LogP contribution < -0.4 is 5.32 Å². The predicted molar refractivity (Wildman–Crippen MR) is 113 cm³/mol. The molecule has 2 aromatic rings. The smallest absolute Gasteiger partial charge is 0.194 e. The molecule has 1 aromatic carbocycles. The largest absolute Gasteiger partial charge is 0.375 e. The van der Waals surface area contributed by atoms with Gasteiger partial charge in [0.25, 0.3) is 0 Å². The first-order valence-corrected chi connectivity index (χ1v) is 11.0. The highest BCUT2D eigenvalue weighted by Gasteiger charge is 2.32. The molecular weight excluding hydrogens is 372 g/mol. The van der Waals surface area contributed by atoms with Crippen molar-refractivity contribution < 1.29 is 9.47 Å². The molecule has 0 spiro atoms. The summed E-state index contributed by atoms with van der Waals surface area (Å²) in [6.45, 7) is 6.77. The van der Waals surface area contributed by atoms with Crippen LogP contribution in [0.1, 0.15) is 24.8 Å². The molecule has 3 heterocycles. The molecule has 2 aliphatic heterocycles. The van der Waals surface area contributed by atoms with Crippen LogP contribution in [0.15, 0.2) is 40.7 Å². The van der Waals surface area contributed by atoms with Crippen LogP contribution >= 0.6 is 11.3 Å². The zero-order valence-corrected chi connectivity index (χ0v) is 17.2. The molecule has 2 saturated heterocycles. The van der Waals surface area contributed by atoms with Gasteiger partial charge in [0.1, 0.15) is 11.1 Å². The van der Waals surface area contributed by atoms with Gasteiger partial charge in [0, 0.05) is 37.2 Å². The highest BCUT2D eigenvalue weighted by atomic mass is 32.1. The maximum Gasteiger partial charge on any atom is 0.194 e. The number of nitrogens with one attached hydrogen (secondary N) is 1. The van der Waals surface area contributed by atoms with Crippen LogP contribution in [-0.2, 0) is 16.0 Å². The first-order chi connectivity index (χ1) is 13.8. The van der Waals surface area contributed by atoms with E-state index in [-0.39, 0.29) is 12.2 Å². The van der Waals surface area contributed by atoms with Crippen molar-refractivity contribution in [1.29, 1.82) is 0 Å². The monoisotopic (exact) mass is 400 g/mol. The molecule has 2 atom stereocenters. The number of nitrogens with zero attached hydrogens (tertiary/aromatic N) is 3. The average Bonchev–Trinajstić information content (AvgIpc) is 3.44. The molecule has 7 heteroatoms. The van der Waals surface area contributed by atoms with Crippen molar-refractivity contribution in [2.45, 2.75) is 38.5 Å². The maximum absolute atomic E-state index is 5.98. The fourth-order valence-corrected chi connectivity index (χ4v) is 4.41. The van der Waals surface area contributed by atoms with Gasteiger partial charge in [0.2, 0.25) is 0 Å². The number of guanidine groups is 1. The lowest BCUT2D eigenvalue weighted by Crippen LogP contribution is -2.53. The Kier molecular flexibility index (Phi) is 6.57. The van der Waals surface area contributed by atoms with Gasteiger partial charge in [0.15, 0.2) is 5.96 Å². The second-order valence-corrected chi connectivity index (χ2v) is 8.01. The van der Waals surface area contributed by atoms with E-state index in [0.29, 0.717) is 13.2 Å². The zero-order valence-electron chi connectivity index (χ0n) is 16.3. The summed E-state index contributed by atoms with van der Waals surface area (Å²) in [6.07, 6.45) is 2.57. The van der Waals surface area contributed by atoms with Crippen LogP contribution in [-0.4, -0.2) is 60.9 Å². The fourth-order valence-electron chi connectivity index (χ4n) is 3.68. The van der Waals surface area contributed by atoms with Gasteiger partial charge in [0.05, 0.1) is 24.9 Å². The summed E-state index contributed by atoms with van der Waals surface area (Å²) in [5, 5.41) is 6.56. The van der Waals surface area contributed by atoms with E-state index in [1.165, 1.54) is 0 Å². The first kappa shape index (κ1) is 19.4. The second-order valence-electron chi connectivity index (χ2n) is 7.07. The number of aromatic nitrogens is 1. The minimum atomic E-state index is 0.129. The molecule has 6 nitrogen and oxygen atoms in total. The Morgan fingerprint density at radius 3 is 2.89 bits per heavy atom. The molecule has 2 fully saturated rings. The van der Waals surface area contributed by atoms with Crippen LogP contribution in [0.3, 0.4) is 0 Å². The van der Waals surface area contributed by atoms with E-state index in [2.05, 4.69) is 34.7 Å². The van der Waals surface area contributed by atoms with E-state index >= 15 is 0 Å². The van der Waals surface area contributed by atoms with Crippen LogP contribution in [0.5, 0.6) is 0 Å². The molecule has 0 aliphatic carbocycles. The molecule has 1 aromatic heterocycles. The minimum absolute atomic E-state index is 0.129. The lowest BCUT2D eigenvalue weighted by Gasteiger charge is -2.37. The number of aliphatic imine (C=N–C) groups is 1. The van der Waals surface area contributed by atoms with Crippen molar-refractivity contribution in [3.05, 3.63) is 40.7 Å². The molecule has 150 valence electrons. The minimum Gasteiger partial charge on any atom is -0.375 e.